The number of ketones is 1. The highest BCUT2D eigenvalue weighted by Crippen LogP contribution is 2.44. The molecule has 2 N–H and O–H groups in total. The van der Waals surface area contributed by atoms with E-state index in [9.17, 15) is 9.59 Å². The van der Waals surface area contributed by atoms with E-state index in [0.717, 1.165) is 35.5 Å². The molecule has 0 saturated carbocycles. The van der Waals surface area contributed by atoms with Crippen molar-refractivity contribution in [2.75, 3.05) is 5.32 Å². The van der Waals surface area contributed by atoms with Crippen molar-refractivity contribution in [3.8, 4) is 0 Å². The van der Waals surface area contributed by atoms with Crippen molar-refractivity contribution in [3.63, 3.8) is 0 Å². The number of hydrogen-bond acceptors (Lipinski definition) is 3. The molecule has 1 aliphatic carbocycles. The summed E-state index contributed by atoms with van der Waals surface area (Å²) in [5.74, 6) is -0.744. The summed E-state index contributed by atoms with van der Waals surface area (Å²) in [6.07, 6.45) is 2.03. The van der Waals surface area contributed by atoms with Crippen LogP contribution < -0.4 is 10.6 Å². The van der Waals surface area contributed by atoms with Gasteiger partial charge in [-0.1, -0.05) is 47.5 Å². The third-order valence-electron chi connectivity index (χ3n) is 5.69. The quantitative estimate of drug-likeness (QED) is 0.623. The van der Waals surface area contributed by atoms with E-state index >= 15 is 0 Å². The van der Waals surface area contributed by atoms with Crippen molar-refractivity contribution in [1.29, 1.82) is 0 Å². The fourth-order valence-electron chi connectivity index (χ4n) is 4.23. The van der Waals surface area contributed by atoms with Crippen molar-refractivity contribution in [2.24, 2.45) is 0 Å². The Kier molecular flexibility index (Phi) is 5.72. The molecule has 1 unspecified atom stereocenters. The number of rotatable bonds is 3. The number of Topliss-reactive ketones (excluding diaryl/α,β-unsaturated/α-hetero) is 1. The maximum Gasteiger partial charge on any atom is 0.254 e. The van der Waals surface area contributed by atoms with E-state index in [-0.39, 0.29) is 11.7 Å². The van der Waals surface area contributed by atoms with Gasteiger partial charge in [-0.2, -0.15) is 0 Å². The molecule has 1 amide bonds. The Hall–Kier alpha value is -2.56. The zero-order chi connectivity index (χ0) is 21.4. The zero-order valence-corrected chi connectivity index (χ0v) is 18.3. The Bertz CT molecular complexity index is 1120. The van der Waals surface area contributed by atoms with Crippen LogP contribution in [0.15, 0.2) is 65.0 Å². The molecule has 2 aromatic rings. The molecule has 154 valence electrons. The fraction of sp³-hybridized carbons (Fsp3) is 0.250. The lowest BCUT2D eigenvalue weighted by molar-refractivity contribution is -0.116. The first-order chi connectivity index (χ1) is 14.4. The number of hydrogen-bond donors (Lipinski definition) is 2. The number of carbonyl (C=O) groups excluding carboxylic acids is 2. The number of aryl methyl sites for hydroxylation is 1. The second-order valence-electron chi connectivity index (χ2n) is 7.70. The predicted octanol–water partition coefficient (Wildman–Crippen LogP) is 5.91. The van der Waals surface area contributed by atoms with Crippen molar-refractivity contribution in [2.45, 2.75) is 39.0 Å². The smallest absolute Gasteiger partial charge is 0.254 e. The minimum absolute atomic E-state index is 0.0495. The Labute approximate surface area is 186 Å². The van der Waals surface area contributed by atoms with Crippen LogP contribution in [0.4, 0.5) is 5.69 Å². The minimum atomic E-state index is -0.539. The summed E-state index contributed by atoms with van der Waals surface area (Å²) in [5, 5.41) is 7.28. The highest BCUT2D eigenvalue weighted by Gasteiger charge is 2.39. The number of nitrogens with one attached hydrogen (secondary N) is 2. The molecule has 0 fully saturated rings. The lowest BCUT2D eigenvalue weighted by Gasteiger charge is -2.35. The van der Waals surface area contributed by atoms with E-state index in [0.29, 0.717) is 33.2 Å². The number of allylic oxidation sites excluding steroid dienone is 3. The Morgan fingerprint density at radius 3 is 2.60 bits per heavy atom. The Morgan fingerprint density at radius 2 is 1.87 bits per heavy atom. The van der Waals surface area contributed by atoms with Crippen LogP contribution in [0.25, 0.3) is 0 Å². The van der Waals surface area contributed by atoms with Gasteiger partial charge in [0.25, 0.3) is 5.91 Å². The number of benzene rings is 2. The van der Waals surface area contributed by atoms with Crippen molar-refractivity contribution in [3.05, 3.63) is 86.2 Å². The van der Waals surface area contributed by atoms with Crippen LogP contribution in [0.1, 0.15) is 43.2 Å². The van der Waals surface area contributed by atoms with E-state index in [1.54, 1.807) is 12.1 Å². The van der Waals surface area contributed by atoms with Gasteiger partial charge in [0.1, 0.15) is 0 Å². The molecule has 6 heteroatoms. The van der Waals surface area contributed by atoms with Gasteiger partial charge in [-0.05, 0) is 56.0 Å². The molecule has 0 aromatic heterocycles. The first kappa shape index (κ1) is 20.7. The van der Waals surface area contributed by atoms with E-state index in [1.807, 2.05) is 44.2 Å². The van der Waals surface area contributed by atoms with Crippen LogP contribution >= 0.6 is 23.2 Å². The molecule has 0 saturated heterocycles. The van der Waals surface area contributed by atoms with Crippen LogP contribution in [-0.4, -0.2) is 11.7 Å². The molecule has 0 spiro atoms. The molecule has 30 heavy (non-hydrogen) atoms. The molecular formula is C24H22Cl2N2O2. The van der Waals surface area contributed by atoms with Crippen molar-refractivity contribution < 1.29 is 9.59 Å². The Balaban J connectivity index is 1.83. The summed E-state index contributed by atoms with van der Waals surface area (Å²) in [4.78, 5) is 26.4. The summed E-state index contributed by atoms with van der Waals surface area (Å²) in [5.41, 5.74) is 5.14. The molecular weight excluding hydrogens is 419 g/mol. The summed E-state index contributed by atoms with van der Waals surface area (Å²) >= 11 is 12.7. The largest absolute Gasteiger partial charge is 0.362 e. The van der Waals surface area contributed by atoms with E-state index < -0.39 is 5.92 Å². The topological polar surface area (TPSA) is 58.2 Å². The number of para-hydroxylation sites is 1. The SMILES string of the molecule is CC1=C(C(=O)Nc2ccccc2C)C(c2ccc(Cl)cc2Cl)C2=C(CCCC2=O)N1. The van der Waals surface area contributed by atoms with Gasteiger partial charge >= 0.3 is 0 Å². The number of carbonyl (C=O) groups is 2. The molecule has 2 aliphatic rings. The van der Waals surface area contributed by atoms with Gasteiger partial charge in [0, 0.05) is 50.6 Å². The predicted molar refractivity (Wildman–Crippen MR) is 121 cm³/mol. The second-order valence-corrected chi connectivity index (χ2v) is 8.54. The van der Waals surface area contributed by atoms with Gasteiger partial charge in [0.15, 0.2) is 5.78 Å². The molecule has 4 nitrogen and oxygen atoms in total. The van der Waals surface area contributed by atoms with Gasteiger partial charge in [-0.3, -0.25) is 9.59 Å². The standard InChI is InChI=1S/C24H22Cl2N2O2/c1-13-6-3-4-7-18(13)28-24(30)21-14(2)27-19-8-5-9-20(29)23(19)22(21)16-11-10-15(25)12-17(16)26/h3-4,6-7,10-12,22,27H,5,8-9H2,1-2H3,(H,28,30). The number of anilines is 1. The monoisotopic (exact) mass is 440 g/mol. The molecule has 1 heterocycles. The minimum Gasteiger partial charge on any atom is -0.362 e. The van der Waals surface area contributed by atoms with Crippen molar-refractivity contribution >= 4 is 40.6 Å². The summed E-state index contributed by atoms with van der Waals surface area (Å²) < 4.78 is 0. The van der Waals surface area contributed by atoms with Crippen LogP contribution in [-0.2, 0) is 9.59 Å². The maximum atomic E-state index is 13.5. The average Bonchev–Trinajstić information content (AvgIpc) is 2.69. The van der Waals surface area contributed by atoms with E-state index in [4.69, 9.17) is 23.2 Å². The molecule has 1 atom stereocenters. The average molecular weight is 441 g/mol. The van der Waals surface area contributed by atoms with Gasteiger partial charge < -0.3 is 10.6 Å². The highest BCUT2D eigenvalue weighted by atomic mass is 35.5. The third-order valence-corrected chi connectivity index (χ3v) is 6.25. The highest BCUT2D eigenvalue weighted by molar-refractivity contribution is 6.35. The van der Waals surface area contributed by atoms with E-state index in [1.165, 1.54) is 0 Å². The van der Waals surface area contributed by atoms with Crippen LogP contribution in [0.3, 0.4) is 0 Å². The van der Waals surface area contributed by atoms with Gasteiger partial charge in [-0.25, -0.2) is 0 Å². The molecule has 4 rings (SSSR count). The van der Waals surface area contributed by atoms with Crippen LogP contribution in [0.2, 0.25) is 10.0 Å². The molecule has 0 radical (unpaired) electrons. The first-order valence-corrected chi connectivity index (χ1v) is 10.7. The van der Waals surface area contributed by atoms with Crippen LogP contribution in [0, 0.1) is 6.92 Å². The fourth-order valence-corrected chi connectivity index (χ4v) is 4.75. The molecule has 2 aromatic carbocycles. The first-order valence-electron chi connectivity index (χ1n) is 9.92. The number of halogens is 2. The van der Waals surface area contributed by atoms with Gasteiger partial charge in [0.05, 0.1) is 0 Å². The Morgan fingerprint density at radius 1 is 1.10 bits per heavy atom. The third kappa shape index (κ3) is 3.78. The normalized spacial score (nSPS) is 18.8. The molecule has 1 aliphatic heterocycles. The second kappa shape index (κ2) is 8.29. The van der Waals surface area contributed by atoms with Gasteiger partial charge in [-0.15, -0.1) is 0 Å². The maximum absolute atomic E-state index is 13.5. The molecule has 0 bridgehead atoms. The lowest BCUT2D eigenvalue weighted by atomic mass is 9.75. The van der Waals surface area contributed by atoms with E-state index in [2.05, 4.69) is 10.6 Å². The van der Waals surface area contributed by atoms with Crippen molar-refractivity contribution in [1.82, 2.24) is 5.32 Å². The summed E-state index contributed by atoms with van der Waals surface area (Å²) in [6.45, 7) is 3.81. The zero-order valence-electron chi connectivity index (χ0n) is 16.8. The van der Waals surface area contributed by atoms with Gasteiger partial charge in [0.2, 0.25) is 0 Å². The van der Waals surface area contributed by atoms with Crippen LogP contribution in [0.5, 0.6) is 0 Å². The lowest BCUT2D eigenvalue weighted by Crippen LogP contribution is -2.35. The number of dihydropyridines is 1. The number of amides is 1. The summed E-state index contributed by atoms with van der Waals surface area (Å²) in [6, 6.07) is 12.8. The summed E-state index contributed by atoms with van der Waals surface area (Å²) in [7, 11) is 0.